The summed E-state index contributed by atoms with van der Waals surface area (Å²) in [6, 6.07) is 15.9. The molecule has 0 radical (unpaired) electrons. The molecule has 3 aromatic rings. The molecule has 1 N–H and O–H groups in total. The van der Waals surface area contributed by atoms with Crippen molar-refractivity contribution >= 4 is 5.91 Å². The Balaban J connectivity index is 1.54. The highest BCUT2D eigenvalue weighted by Crippen LogP contribution is 2.32. The first-order valence-electron chi connectivity index (χ1n) is 8.28. The van der Waals surface area contributed by atoms with Crippen molar-refractivity contribution in [2.24, 2.45) is 0 Å². The Hall–Kier alpha value is -3.01. The number of carbonyl (C=O) groups excluding carboxylic acids is 1. The highest BCUT2D eigenvalue weighted by atomic mass is 19.1. The van der Waals surface area contributed by atoms with Gasteiger partial charge in [-0.15, -0.1) is 0 Å². The summed E-state index contributed by atoms with van der Waals surface area (Å²) < 4.78 is 13.0. The quantitative estimate of drug-likeness (QED) is 0.793. The molecule has 1 aliphatic carbocycles. The monoisotopic (exact) mass is 332 g/mol. The number of fused-ring (bicyclic) bond motifs is 1. The minimum absolute atomic E-state index is 0.0466. The Labute approximate surface area is 145 Å². The van der Waals surface area contributed by atoms with Gasteiger partial charge in [0.25, 0.3) is 5.91 Å². The van der Waals surface area contributed by atoms with Crippen LogP contribution in [0.25, 0.3) is 11.1 Å². The lowest BCUT2D eigenvalue weighted by Gasteiger charge is -2.12. The summed E-state index contributed by atoms with van der Waals surface area (Å²) in [5.74, 6) is -0.508. The molecule has 0 fully saturated rings. The van der Waals surface area contributed by atoms with E-state index in [0.29, 0.717) is 5.56 Å². The van der Waals surface area contributed by atoms with Crippen LogP contribution in [0.1, 0.15) is 21.5 Å². The fourth-order valence-corrected chi connectivity index (χ4v) is 3.42. The number of benzene rings is 2. The second-order valence-electron chi connectivity index (χ2n) is 6.27. The van der Waals surface area contributed by atoms with Crippen LogP contribution < -0.4 is 5.32 Å². The number of amides is 1. The van der Waals surface area contributed by atoms with E-state index in [1.165, 1.54) is 41.0 Å². The van der Waals surface area contributed by atoms with Gasteiger partial charge < -0.3 is 5.32 Å². The molecule has 0 bridgehead atoms. The molecule has 1 unspecified atom stereocenters. The summed E-state index contributed by atoms with van der Waals surface area (Å²) in [6.45, 7) is 0. The van der Waals surface area contributed by atoms with Crippen LogP contribution in [-0.4, -0.2) is 16.9 Å². The van der Waals surface area contributed by atoms with Crippen LogP contribution in [0.3, 0.4) is 0 Å². The molecular formula is C21H17FN2O. The average Bonchev–Trinajstić information content (AvgIpc) is 3.05. The number of hydrogen-bond donors (Lipinski definition) is 1. The van der Waals surface area contributed by atoms with Gasteiger partial charge in [-0.1, -0.05) is 24.3 Å². The molecule has 1 atom stereocenters. The topological polar surface area (TPSA) is 42.0 Å². The summed E-state index contributed by atoms with van der Waals surface area (Å²) in [5.41, 5.74) is 5.25. The number of hydrogen-bond acceptors (Lipinski definition) is 2. The van der Waals surface area contributed by atoms with E-state index in [-0.39, 0.29) is 17.8 Å². The highest BCUT2D eigenvalue weighted by Gasteiger charge is 2.25. The number of nitrogens with zero attached hydrogens (tertiary/aromatic N) is 1. The fraction of sp³-hybridized carbons (Fsp3) is 0.143. The van der Waals surface area contributed by atoms with Crippen LogP contribution in [0.4, 0.5) is 4.39 Å². The molecule has 4 rings (SSSR count). The van der Waals surface area contributed by atoms with Crippen molar-refractivity contribution in [3.8, 4) is 11.1 Å². The van der Waals surface area contributed by atoms with Crippen molar-refractivity contribution < 1.29 is 9.18 Å². The van der Waals surface area contributed by atoms with Crippen molar-refractivity contribution in [2.45, 2.75) is 18.9 Å². The summed E-state index contributed by atoms with van der Waals surface area (Å²) in [5, 5.41) is 3.06. The van der Waals surface area contributed by atoms with Gasteiger partial charge >= 0.3 is 0 Å². The van der Waals surface area contributed by atoms with Crippen LogP contribution in [0.5, 0.6) is 0 Å². The van der Waals surface area contributed by atoms with Crippen molar-refractivity contribution in [1.82, 2.24) is 10.3 Å². The molecule has 0 saturated heterocycles. The first-order chi connectivity index (χ1) is 12.2. The fourth-order valence-electron chi connectivity index (χ4n) is 3.42. The zero-order valence-electron chi connectivity index (χ0n) is 13.6. The molecule has 1 amide bonds. The molecule has 0 spiro atoms. The van der Waals surface area contributed by atoms with Gasteiger partial charge in [0.2, 0.25) is 0 Å². The molecular weight excluding hydrogens is 315 g/mol. The van der Waals surface area contributed by atoms with E-state index in [1.54, 1.807) is 6.20 Å². The van der Waals surface area contributed by atoms with Crippen molar-refractivity contribution in [1.29, 1.82) is 0 Å². The molecule has 3 nitrogen and oxygen atoms in total. The molecule has 1 aliphatic rings. The average molecular weight is 332 g/mol. The number of halogens is 1. The lowest BCUT2D eigenvalue weighted by atomic mass is 9.98. The standard InChI is InChI=1S/C21H17FN2O/c22-17-8-6-14(7-9-17)21(25)24-18-11-15-3-1-5-19(20(15)12-18)16-4-2-10-23-13-16/h1-10,13,18H,11-12H2,(H,24,25). The number of pyridine rings is 1. The molecule has 25 heavy (non-hydrogen) atoms. The highest BCUT2D eigenvalue weighted by molar-refractivity contribution is 5.94. The Morgan fingerprint density at radius 2 is 1.88 bits per heavy atom. The summed E-state index contributed by atoms with van der Waals surface area (Å²) in [7, 11) is 0. The van der Waals surface area contributed by atoms with E-state index in [2.05, 4.69) is 22.4 Å². The lowest BCUT2D eigenvalue weighted by molar-refractivity contribution is 0.0938. The minimum Gasteiger partial charge on any atom is -0.349 e. The zero-order chi connectivity index (χ0) is 17.2. The Morgan fingerprint density at radius 1 is 1.04 bits per heavy atom. The van der Waals surface area contributed by atoms with E-state index in [9.17, 15) is 9.18 Å². The maximum absolute atomic E-state index is 13.0. The van der Waals surface area contributed by atoms with Crippen LogP contribution >= 0.6 is 0 Å². The predicted octanol–water partition coefficient (Wildman–Crippen LogP) is 3.78. The summed E-state index contributed by atoms with van der Waals surface area (Å²) >= 11 is 0. The van der Waals surface area contributed by atoms with Crippen LogP contribution in [0.15, 0.2) is 67.0 Å². The van der Waals surface area contributed by atoms with E-state index in [1.807, 2.05) is 24.4 Å². The Bertz CT molecular complexity index is 907. The lowest BCUT2D eigenvalue weighted by Crippen LogP contribution is -2.35. The third-order valence-corrected chi connectivity index (χ3v) is 4.60. The first-order valence-corrected chi connectivity index (χ1v) is 8.28. The van der Waals surface area contributed by atoms with Gasteiger partial charge in [-0.25, -0.2) is 4.39 Å². The van der Waals surface area contributed by atoms with E-state index < -0.39 is 0 Å². The maximum atomic E-state index is 13.0. The molecule has 1 heterocycles. The molecule has 2 aromatic carbocycles. The van der Waals surface area contributed by atoms with Gasteiger partial charge in [-0.05, 0) is 59.9 Å². The molecule has 0 aliphatic heterocycles. The number of rotatable bonds is 3. The second-order valence-corrected chi connectivity index (χ2v) is 6.27. The molecule has 0 saturated carbocycles. The first kappa shape index (κ1) is 15.5. The SMILES string of the molecule is O=C(NC1Cc2cccc(-c3cccnc3)c2C1)c1ccc(F)cc1. The van der Waals surface area contributed by atoms with Crippen LogP contribution in [-0.2, 0) is 12.8 Å². The number of carbonyl (C=O) groups is 1. The minimum atomic E-state index is -0.342. The van der Waals surface area contributed by atoms with Gasteiger partial charge in [-0.2, -0.15) is 0 Å². The summed E-state index contributed by atoms with van der Waals surface area (Å²) in [4.78, 5) is 16.6. The number of aromatic nitrogens is 1. The van der Waals surface area contributed by atoms with E-state index in [4.69, 9.17) is 0 Å². The normalized spacial score (nSPS) is 15.6. The zero-order valence-corrected chi connectivity index (χ0v) is 13.6. The third-order valence-electron chi connectivity index (χ3n) is 4.60. The van der Waals surface area contributed by atoms with Gasteiger partial charge in [0.15, 0.2) is 0 Å². The van der Waals surface area contributed by atoms with Gasteiger partial charge in [-0.3, -0.25) is 9.78 Å². The maximum Gasteiger partial charge on any atom is 0.251 e. The third kappa shape index (κ3) is 3.15. The van der Waals surface area contributed by atoms with Crippen molar-refractivity contribution in [3.63, 3.8) is 0 Å². The van der Waals surface area contributed by atoms with Crippen molar-refractivity contribution in [2.75, 3.05) is 0 Å². The molecule has 1 aromatic heterocycles. The van der Waals surface area contributed by atoms with Gasteiger partial charge in [0.1, 0.15) is 5.82 Å². The number of nitrogens with one attached hydrogen (secondary N) is 1. The van der Waals surface area contributed by atoms with E-state index >= 15 is 0 Å². The Kier molecular flexibility index (Phi) is 4.02. The summed E-state index contributed by atoms with van der Waals surface area (Å²) in [6.07, 6.45) is 5.21. The van der Waals surface area contributed by atoms with Gasteiger partial charge in [0, 0.05) is 29.6 Å². The smallest absolute Gasteiger partial charge is 0.251 e. The van der Waals surface area contributed by atoms with E-state index in [0.717, 1.165) is 18.4 Å². The predicted molar refractivity (Wildman–Crippen MR) is 94.7 cm³/mol. The molecule has 4 heteroatoms. The van der Waals surface area contributed by atoms with Crippen molar-refractivity contribution in [3.05, 3.63) is 89.5 Å². The van der Waals surface area contributed by atoms with Gasteiger partial charge in [0.05, 0.1) is 0 Å². The van der Waals surface area contributed by atoms with Crippen LogP contribution in [0, 0.1) is 5.82 Å². The second kappa shape index (κ2) is 6.48. The molecule has 124 valence electrons. The Morgan fingerprint density at radius 3 is 2.64 bits per heavy atom. The largest absolute Gasteiger partial charge is 0.349 e. The van der Waals surface area contributed by atoms with Crippen LogP contribution in [0.2, 0.25) is 0 Å².